The number of aromatic amines is 1. The highest BCUT2D eigenvalue weighted by Crippen LogP contribution is 2.20. The molecule has 2 heterocycles. The Kier molecular flexibility index (Phi) is 4.66. The van der Waals surface area contributed by atoms with Gasteiger partial charge in [-0.25, -0.2) is 0 Å². The topological polar surface area (TPSA) is 52.2 Å². The van der Waals surface area contributed by atoms with E-state index in [2.05, 4.69) is 27.2 Å². The Morgan fingerprint density at radius 3 is 2.58 bits per heavy atom. The van der Waals surface area contributed by atoms with Crippen LogP contribution < -0.4 is 0 Å². The molecule has 0 saturated carbocycles. The lowest BCUT2D eigenvalue weighted by molar-refractivity contribution is 0.0624. The van der Waals surface area contributed by atoms with E-state index in [1.807, 2.05) is 42.2 Å². The SMILES string of the molecule is Cc1ccc2[nH]nc(C(=O)N3CCN(Cc4ccc(Cl)cc4)CC3)c2c1. The van der Waals surface area contributed by atoms with Crippen molar-refractivity contribution >= 4 is 28.4 Å². The van der Waals surface area contributed by atoms with Crippen LogP contribution in [-0.2, 0) is 6.54 Å². The predicted octanol–water partition coefficient (Wildman–Crippen LogP) is 3.48. The van der Waals surface area contributed by atoms with E-state index in [0.29, 0.717) is 18.8 Å². The number of carbonyl (C=O) groups is 1. The van der Waals surface area contributed by atoms with Crippen LogP contribution in [-0.4, -0.2) is 52.1 Å². The van der Waals surface area contributed by atoms with E-state index >= 15 is 0 Å². The van der Waals surface area contributed by atoms with Crippen LogP contribution in [0.1, 0.15) is 21.6 Å². The number of carbonyl (C=O) groups excluding carboxylic acids is 1. The molecule has 4 rings (SSSR count). The third-order valence-corrected chi connectivity index (χ3v) is 5.15. The summed E-state index contributed by atoms with van der Waals surface area (Å²) in [6.45, 7) is 6.05. The number of aryl methyl sites for hydroxylation is 1. The highest BCUT2D eigenvalue weighted by molar-refractivity contribution is 6.30. The molecule has 1 N–H and O–H groups in total. The van der Waals surface area contributed by atoms with Gasteiger partial charge in [0.2, 0.25) is 0 Å². The first kappa shape index (κ1) is 17.1. The number of piperazine rings is 1. The minimum absolute atomic E-state index is 0.00740. The quantitative estimate of drug-likeness (QED) is 0.770. The van der Waals surface area contributed by atoms with Crippen molar-refractivity contribution < 1.29 is 4.79 Å². The van der Waals surface area contributed by atoms with Crippen LogP contribution in [0.3, 0.4) is 0 Å². The number of halogens is 1. The van der Waals surface area contributed by atoms with Crippen molar-refractivity contribution in [1.29, 1.82) is 0 Å². The Bertz CT molecular complexity index is 927. The van der Waals surface area contributed by atoms with Crippen LogP contribution in [0, 0.1) is 6.92 Å². The van der Waals surface area contributed by atoms with Gasteiger partial charge >= 0.3 is 0 Å². The maximum absolute atomic E-state index is 12.9. The molecule has 1 aromatic heterocycles. The fraction of sp³-hybridized carbons (Fsp3) is 0.300. The number of rotatable bonds is 3. The maximum Gasteiger partial charge on any atom is 0.275 e. The van der Waals surface area contributed by atoms with Crippen LogP contribution in [0.25, 0.3) is 10.9 Å². The zero-order chi connectivity index (χ0) is 18.1. The lowest BCUT2D eigenvalue weighted by Gasteiger charge is -2.34. The van der Waals surface area contributed by atoms with Crippen LogP contribution in [0.5, 0.6) is 0 Å². The first-order valence-electron chi connectivity index (χ1n) is 8.81. The zero-order valence-electron chi connectivity index (χ0n) is 14.7. The Hall–Kier alpha value is -2.37. The van der Waals surface area contributed by atoms with Gasteiger partial charge in [0.15, 0.2) is 5.69 Å². The van der Waals surface area contributed by atoms with Gasteiger partial charge in [0.1, 0.15) is 0 Å². The average molecular weight is 369 g/mol. The van der Waals surface area contributed by atoms with Gasteiger partial charge in [0.05, 0.1) is 5.52 Å². The molecule has 26 heavy (non-hydrogen) atoms. The number of hydrogen-bond donors (Lipinski definition) is 1. The number of amides is 1. The van der Waals surface area contributed by atoms with Crippen molar-refractivity contribution in [2.24, 2.45) is 0 Å². The van der Waals surface area contributed by atoms with Gasteiger partial charge in [-0.05, 0) is 36.8 Å². The molecule has 5 nitrogen and oxygen atoms in total. The third kappa shape index (κ3) is 3.45. The van der Waals surface area contributed by atoms with Gasteiger partial charge < -0.3 is 4.90 Å². The smallest absolute Gasteiger partial charge is 0.275 e. The molecule has 1 amide bonds. The van der Waals surface area contributed by atoms with E-state index in [-0.39, 0.29) is 5.91 Å². The molecule has 0 radical (unpaired) electrons. The van der Waals surface area contributed by atoms with E-state index < -0.39 is 0 Å². The molecule has 0 spiro atoms. The van der Waals surface area contributed by atoms with Crippen molar-refractivity contribution in [2.75, 3.05) is 26.2 Å². The largest absolute Gasteiger partial charge is 0.335 e. The van der Waals surface area contributed by atoms with E-state index in [9.17, 15) is 4.79 Å². The summed E-state index contributed by atoms with van der Waals surface area (Å²) in [4.78, 5) is 17.2. The van der Waals surface area contributed by atoms with Crippen molar-refractivity contribution in [2.45, 2.75) is 13.5 Å². The third-order valence-electron chi connectivity index (χ3n) is 4.90. The summed E-state index contributed by atoms with van der Waals surface area (Å²) in [5, 5.41) is 8.88. The molecule has 0 atom stereocenters. The summed E-state index contributed by atoms with van der Waals surface area (Å²) < 4.78 is 0. The number of H-pyrrole nitrogens is 1. The van der Waals surface area contributed by atoms with E-state index in [0.717, 1.165) is 41.1 Å². The van der Waals surface area contributed by atoms with Gasteiger partial charge in [-0.3, -0.25) is 14.8 Å². The minimum atomic E-state index is 0.00740. The van der Waals surface area contributed by atoms with E-state index in [1.54, 1.807) is 0 Å². The molecule has 6 heteroatoms. The number of nitrogens with zero attached hydrogens (tertiary/aromatic N) is 3. The summed E-state index contributed by atoms with van der Waals surface area (Å²) in [5.74, 6) is 0.00740. The predicted molar refractivity (Wildman–Crippen MR) is 103 cm³/mol. The highest BCUT2D eigenvalue weighted by Gasteiger charge is 2.25. The Morgan fingerprint density at radius 2 is 1.85 bits per heavy atom. The van der Waals surface area contributed by atoms with E-state index in [4.69, 9.17) is 11.6 Å². The number of aromatic nitrogens is 2. The van der Waals surface area contributed by atoms with Gasteiger partial charge in [-0.2, -0.15) is 5.10 Å². The number of nitrogens with one attached hydrogen (secondary N) is 1. The molecular formula is C20H21ClN4O. The maximum atomic E-state index is 12.9. The average Bonchev–Trinajstić information content (AvgIpc) is 3.06. The fourth-order valence-electron chi connectivity index (χ4n) is 3.40. The molecule has 0 aliphatic carbocycles. The van der Waals surface area contributed by atoms with Gasteiger partial charge in [0, 0.05) is 43.1 Å². The molecule has 2 aromatic carbocycles. The van der Waals surface area contributed by atoms with Gasteiger partial charge in [-0.1, -0.05) is 35.4 Å². The number of benzene rings is 2. The van der Waals surface area contributed by atoms with Crippen molar-refractivity contribution in [3.05, 3.63) is 64.3 Å². The molecule has 1 aliphatic rings. The molecule has 0 bridgehead atoms. The lowest BCUT2D eigenvalue weighted by Crippen LogP contribution is -2.48. The Balaban J connectivity index is 1.41. The number of hydrogen-bond acceptors (Lipinski definition) is 3. The molecule has 134 valence electrons. The Morgan fingerprint density at radius 1 is 1.12 bits per heavy atom. The summed E-state index contributed by atoms with van der Waals surface area (Å²) in [6, 6.07) is 13.9. The fourth-order valence-corrected chi connectivity index (χ4v) is 3.52. The highest BCUT2D eigenvalue weighted by atomic mass is 35.5. The monoisotopic (exact) mass is 368 g/mol. The molecule has 3 aromatic rings. The van der Waals surface area contributed by atoms with Crippen LogP contribution in [0.4, 0.5) is 0 Å². The second-order valence-electron chi connectivity index (χ2n) is 6.82. The van der Waals surface area contributed by atoms with Crippen LogP contribution in [0.2, 0.25) is 5.02 Å². The standard InChI is InChI=1S/C20H21ClN4O/c1-14-2-7-18-17(12-14)19(23-22-18)20(26)25-10-8-24(9-11-25)13-15-3-5-16(21)6-4-15/h2-7,12H,8-11,13H2,1H3,(H,22,23). The molecule has 1 saturated heterocycles. The lowest BCUT2D eigenvalue weighted by atomic mass is 10.1. The molecule has 0 unspecified atom stereocenters. The molecule has 1 aliphatic heterocycles. The normalized spacial score (nSPS) is 15.5. The Labute approximate surface area is 157 Å². The second-order valence-corrected chi connectivity index (χ2v) is 7.25. The van der Waals surface area contributed by atoms with Crippen molar-refractivity contribution in [3.63, 3.8) is 0 Å². The second kappa shape index (κ2) is 7.09. The summed E-state index contributed by atoms with van der Waals surface area (Å²) >= 11 is 5.94. The molecular weight excluding hydrogens is 348 g/mol. The van der Waals surface area contributed by atoms with E-state index in [1.165, 1.54) is 5.56 Å². The first-order chi connectivity index (χ1) is 12.6. The molecule has 1 fully saturated rings. The summed E-state index contributed by atoms with van der Waals surface area (Å²) in [5.41, 5.74) is 3.79. The van der Waals surface area contributed by atoms with Crippen LogP contribution in [0.15, 0.2) is 42.5 Å². The number of fused-ring (bicyclic) bond motifs is 1. The zero-order valence-corrected chi connectivity index (χ0v) is 15.5. The summed E-state index contributed by atoms with van der Waals surface area (Å²) in [6.07, 6.45) is 0. The van der Waals surface area contributed by atoms with Crippen molar-refractivity contribution in [3.8, 4) is 0 Å². The van der Waals surface area contributed by atoms with Crippen LogP contribution >= 0.6 is 11.6 Å². The van der Waals surface area contributed by atoms with Gasteiger partial charge in [0.25, 0.3) is 5.91 Å². The first-order valence-corrected chi connectivity index (χ1v) is 9.19. The summed E-state index contributed by atoms with van der Waals surface area (Å²) in [7, 11) is 0. The minimum Gasteiger partial charge on any atom is -0.335 e. The van der Waals surface area contributed by atoms with Gasteiger partial charge in [-0.15, -0.1) is 0 Å². The van der Waals surface area contributed by atoms with Crippen molar-refractivity contribution in [1.82, 2.24) is 20.0 Å².